The number of carbonyl (C=O) groups is 1. The van der Waals surface area contributed by atoms with Gasteiger partial charge >= 0.3 is 5.69 Å². The van der Waals surface area contributed by atoms with Gasteiger partial charge in [-0.05, 0) is 37.4 Å². The molecule has 4 rings (SSSR count). The maximum absolute atomic E-state index is 13.1. The van der Waals surface area contributed by atoms with E-state index in [9.17, 15) is 14.4 Å². The summed E-state index contributed by atoms with van der Waals surface area (Å²) in [7, 11) is 0. The molecule has 1 aliphatic heterocycles. The Kier molecular flexibility index (Phi) is 5.77. The molecule has 1 atom stereocenters. The molecule has 2 aromatic carbocycles. The second-order valence-electron chi connectivity index (χ2n) is 7.89. The van der Waals surface area contributed by atoms with E-state index in [4.69, 9.17) is 0 Å². The molecule has 0 amide bonds. The largest absolute Gasteiger partial charge is 0.325 e. The summed E-state index contributed by atoms with van der Waals surface area (Å²) in [6, 6.07) is 17.9. The number of aromatic nitrogens is 2. The number of hydrogen-bond donors (Lipinski definition) is 2. The Balaban J connectivity index is 1.46. The van der Waals surface area contributed by atoms with Crippen molar-refractivity contribution in [1.82, 2.24) is 14.9 Å². The first-order valence-corrected chi connectivity index (χ1v) is 10.3. The molecule has 1 fully saturated rings. The SMILES string of the molecule is Cc1[nH]c(=O)[nH]c(=O)c1CN1CCC[C@@H](C(=O)c2ccc(-c3ccccc3)cc2)C1. The van der Waals surface area contributed by atoms with Crippen molar-refractivity contribution in [1.29, 1.82) is 0 Å². The number of nitrogens with zero attached hydrogens (tertiary/aromatic N) is 1. The van der Waals surface area contributed by atoms with Crippen LogP contribution < -0.4 is 11.2 Å². The maximum Gasteiger partial charge on any atom is 0.325 e. The van der Waals surface area contributed by atoms with Crippen LogP contribution in [0.25, 0.3) is 11.1 Å². The first kappa shape index (κ1) is 20.0. The van der Waals surface area contributed by atoms with E-state index >= 15 is 0 Å². The van der Waals surface area contributed by atoms with E-state index in [0.717, 1.165) is 36.1 Å². The molecule has 6 heteroatoms. The fourth-order valence-electron chi connectivity index (χ4n) is 4.15. The van der Waals surface area contributed by atoms with Crippen LogP contribution in [0.3, 0.4) is 0 Å². The fraction of sp³-hybridized carbons (Fsp3) is 0.292. The Morgan fingerprint density at radius 1 is 1.00 bits per heavy atom. The number of aryl methyl sites for hydroxylation is 1. The monoisotopic (exact) mass is 403 g/mol. The molecule has 0 aliphatic carbocycles. The average molecular weight is 403 g/mol. The molecule has 3 aromatic rings. The summed E-state index contributed by atoms with van der Waals surface area (Å²) in [5, 5.41) is 0. The van der Waals surface area contributed by atoms with Crippen LogP contribution in [-0.4, -0.2) is 33.7 Å². The van der Waals surface area contributed by atoms with E-state index < -0.39 is 5.69 Å². The third-order valence-electron chi connectivity index (χ3n) is 5.79. The van der Waals surface area contributed by atoms with Crippen molar-refractivity contribution in [2.45, 2.75) is 26.3 Å². The summed E-state index contributed by atoms with van der Waals surface area (Å²) in [5.41, 5.74) is 3.21. The van der Waals surface area contributed by atoms with E-state index in [1.54, 1.807) is 6.92 Å². The Bertz CT molecular complexity index is 1150. The lowest BCUT2D eigenvalue weighted by Crippen LogP contribution is -2.40. The van der Waals surface area contributed by atoms with E-state index in [0.29, 0.717) is 24.3 Å². The Morgan fingerprint density at radius 2 is 1.70 bits per heavy atom. The van der Waals surface area contributed by atoms with Crippen LogP contribution in [0.15, 0.2) is 64.2 Å². The van der Waals surface area contributed by atoms with Gasteiger partial charge in [-0.15, -0.1) is 0 Å². The van der Waals surface area contributed by atoms with Crippen molar-refractivity contribution in [3.63, 3.8) is 0 Å². The summed E-state index contributed by atoms with van der Waals surface area (Å²) in [5.74, 6) is 0.0508. The Morgan fingerprint density at radius 3 is 2.40 bits per heavy atom. The number of H-pyrrole nitrogens is 2. The van der Waals surface area contributed by atoms with Crippen molar-refractivity contribution < 1.29 is 4.79 Å². The van der Waals surface area contributed by atoms with Gasteiger partial charge < -0.3 is 4.98 Å². The van der Waals surface area contributed by atoms with Gasteiger partial charge in [0.1, 0.15) is 0 Å². The number of likely N-dealkylation sites (tertiary alicyclic amines) is 1. The number of aromatic amines is 2. The van der Waals surface area contributed by atoms with Gasteiger partial charge in [-0.3, -0.25) is 19.5 Å². The lowest BCUT2D eigenvalue weighted by Gasteiger charge is -2.32. The second-order valence-corrected chi connectivity index (χ2v) is 7.89. The summed E-state index contributed by atoms with van der Waals surface area (Å²) in [6.07, 6.45) is 1.75. The molecular formula is C24H25N3O3. The van der Waals surface area contributed by atoms with Crippen molar-refractivity contribution in [3.8, 4) is 11.1 Å². The number of carbonyl (C=O) groups excluding carboxylic acids is 1. The van der Waals surface area contributed by atoms with Crippen LogP contribution >= 0.6 is 0 Å². The highest BCUT2D eigenvalue weighted by Crippen LogP contribution is 2.24. The molecule has 30 heavy (non-hydrogen) atoms. The minimum Gasteiger partial charge on any atom is -0.311 e. The lowest BCUT2D eigenvalue weighted by molar-refractivity contribution is 0.0811. The number of piperidine rings is 1. The van der Waals surface area contributed by atoms with Crippen LogP contribution in [0.4, 0.5) is 0 Å². The minimum absolute atomic E-state index is 0.0940. The number of benzene rings is 2. The quantitative estimate of drug-likeness (QED) is 0.641. The lowest BCUT2D eigenvalue weighted by atomic mass is 9.89. The van der Waals surface area contributed by atoms with Crippen LogP contribution in [0.2, 0.25) is 0 Å². The molecule has 0 radical (unpaired) electrons. The van der Waals surface area contributed by atoms with Crippen molar-refractivity contribution in [2.75, 3.05) is 13.1 Å². The van der Waals surface area contributed by atoms with Crippen molar-refractivity contribution in [2.24, 2.45) is 5.92 Å². The first-order chi connectivity index (χ1) is 14.5. The van der Waals surface area contributed by atoms with E-state index in [-0.39, 0.29) is 17.3 Å². The first-order valence-electron chi connectivity index (χ1n) is 10.3. The standard InChI is InChI=1S/C24H25N3O3/c1-16-21(23(29)26-24(30)25-16)15-27-13-5-8-20(14-27)22(28)19-11-9-18(10-12-19)17-6-3-2-4-7-17/h2-4,6-7,9-12,20H,5,8,13-15H2,1H3,(H2,25,26,29,30)/t20-/m1/s1. The predicted molar refractivity (Wildman–Crippen MR) is 117 cm³/mol. The number of hydrogen-bond acceptors (Lipinski definition) is 4. The molecule has 0 saturated carbocycles. The zero-order valence-corrected chi connectivity index (χ0v) is 17.0. The molecule has 1 aromatic heterocycles. The molecule has 2 heterocycles. The molecule has 6 nitrogen and oxygen atoms in total. The third kappa shape index (κ3) is 4.33. The van der Waals surface area contributed by atoms with Gasteiger partial charge in [0.2, 0.25) is 0 Å². The number of nitrogens with one attached hydrogen (secondary N) is 2. The van der Waals surface area contributed by atoms with Gasteiger partial charge in [0.25, 0.3) is 5.56 Å². The fourth-order valence-corrected chi connectivity index (χ4v) is 4.15. The highest BCUT2D eigenvalue weighted by Gasteiger charge is 2.27. The summed E-state index contributed by atoms with van der Waals surface area (Å²) >= 11 is 0. The van der Waals surface area contributed by atoms with Crippen LogP contribution in [0.1, 0.15) is 34.5 Å². The van der Waals surface area contributed by atoms with E-state index in [1.807, 2.05) is 42.5 Å². The molecule has 1 aliphatic rings. The van der Waals surface area contributed by atoms with Gasteiger partial charge in [-0.2, -0.15) is 0 Å². The highest BCUT2D eigenvalue weighted by atomic mass is 16.2. The summed E-state index contributed by atoms with van der Waals surface area (Å²) < 4.78 is 0. The predicted octanol–water partition coefficient (Wildman–Crippen LogP) is 3.13. The molecule has 0 unspecified atom stereocenters. The zero-order valence-electron chi connectivity index (χ0n) is 17.0. The maximum atomic E-state index is 13.1. The van der Waals surface area contributed by atoms with Crippen molar-refractivity contribution in [3.05, 3.63) is 92.3 Å². The smallest absolute Gasteiger partial charge is 0.311 e. The van der Waals surface area contributed by atoms with Crippen molar-refractivity contribution >= 4 is 5.78 Å². The Hall–Kier alpha value is -3.25. The second kappa shape index (κ2) is 8.63. The van der Waals surface area contributed by atoms with E-state index in [2.05, 4.69) is 27.0 Å². The van der Waals surface area contributed by atoms with Gasteiger partial charge in [0.15, 0.2) is 5.78 Å². The summed E-state index contributed by atoms with van der Waals surface area (Å²) in [6.45, 7) is 3.59. The molecule has 0 spiro atoms. The van der Waals surface area contributed by atoms with Gasteiger partial charge in [-0.25, -0.2) is 4.79 Å². The van der Waals surface area contributed by atoms with Gasteiger partial charge in [-0.1, -0.05) is 54.6 Å². The normalized spacial score (nSPS) is 17.0. The number of ketones is 1. The third-order valence-corrected chi connectivity index (χ3v) is 5.79. The highest BCUT2D eigenvalue weighted by molar-refractivity contribution is 5.98. The van der Waals surface area contributed by atoms with Crippen LogP contribution in [-0.2, 0) is 6.54 Å². The molecule has 1 saturated heterocycles. The number of rotatable bonds is 5. The Labute approximate surface area is 174 Å². The zero-order chi connectivity index (χ0) is 21.1. The molecule has 154 valence electrons. The summed E-state index contributed by atoms with van der Waals surface area (Å²) in [4.78, 5) is 43.7. The molecule has 2 N–H and O–H groups in total. The molecular weight excluding hydrogens is 378 g/mol. The molecule has 0 bridgehead atoms. The number of Topliss-reactive ketones (excluding diaryl/α,β-unsaturated/α-hetero) is 1. The average Bonchev–Trinajstić information content (AvgIpc) is 2.77. The topological polar surface area (TPSA) is 86.0 Å². The van der Waals surface area contributed by atoms with Gasteiger partial charge in [0.05, 0.1) is 5.56 Å². The van der Waals surface area contributed by atoms with E-state index in [1.165, 1.54) is 0 Å². The minimum atomic E-state index is -0.494. The van der Waals surface area contributed by atoms with Gasteiger partial charge in [0, 0.05) is 30.3 Å². The van der Waals surface area contributed by atoms with Crippen LogP contribution in [0, 0.1) is 12.8 Å². The van der Waals surface area contributed by atoms with Crippen LogP contribution in [0.5, 0.6) is 0 Å².